The van der Waals surface area contributed by atoms with Gasteiger partial charge in [-0.3, -0.25) is 9.69 Å². The molecule has 0 aliphatic carbocycles. The summed E-state index contributed by atoms with van der Waals surface area (Å²) in [5, 5.41) is 0. The van der Waals surface area contributed by atoms with E-state index >= 15 is 0 Å². The number of carbonyl (C=O) groups excluding carboxylic acids is 1. The summed E-state index contributed by atoms with van der Waals surface area (Å²) in [5.74, 6) is 0.444. The zero-order valence-corrected chi connectivity index (χ0v) is 23.0. The van der Waals surface area contributed by atoms with Crippen LogP contribution in [-0.4, -0.2) is 75.3 Å². The second kappa shape index (κ2) is 12.0. The highest BCUT2D eigenvalue weighted by Crippen LogP contribution is 2.31. The van der Waals surface area contributed by atoms with Crippen LogP contribution in [0.4, 0.5) is 4.39 Å². The Morgan fingerprint density at radius 1 is 1.03 bits per heavy atom. The molecule has 0 bridgehead atoms. The molecule has 0 amide bonds. The van der Waals surface area contributed by atoms with E-state index in [4.69, 9.17) is 18.9 Å². The maximum absolute atomic E-state index is 14.5. The molecule has 1 saturated heterocycles. The van der Waals surface area contributed by atoms with E-state index in [1.807, 2.05) is 0 Å². The molecule has 0 N–H and O–H groups in total. The van der Waals surface area contributed by atoms with Crippen molar-refractivity contribution in [1.82, 2.24) is 14.9 Å². The van der Waals surface area contributed by atoms with E-state index in [0.717, 1.165) is 12.3 Å². The minimum atomic E-state index is -3.55. The summed E-state index contributed by atoms with van der Waals surface area (Å²) in [6, 6.07) is 8.56. The Bertz CT molecular complexity index is 1460. The molecule has 1 aliphatic heterocycles. The number of aromatic nitrogens is 2. The predicted molar refractivity (Wildman–Crippen MR) is 140 cm³/mol. The highest BCUT2D eigenvalue weighted by molar-refractivity contribution is 7.90. The van der Waals surface area contributed by atoms with Gasteiger partial charge in [0, 0.05) is 19.3 Å². The summed E-state index contributed by atoms with van der Waals surface area (Å²) in [4.78, 5) is 23.2. The average molecular weight is 560 g/mol. The summed E-state index contributed by atoms with van der Waals surface area (Å²) < 4.78 is 60.1. The molecule has 0 atom stereocenters. The van der Waals surface area contributed by atoms with Gasteiger partial charge >= 0.3 is 0 Å². The highest BCUT2D eigenvalue weighted by Gasteiger charge is 2.25. The van der Waals surface area contributed by atoms with Gasteiger partial charge in [0.15, 0.2) is 27.2 Å². The Labute approximate surface area is 226 Å². The van der Waals surface area contributed by atoms with Gasteiger partial charge in [-0.25, -0.2) is 22.8 Å². The van der Waals surface area contributed by atoms with Crippen molar-refractivity contribution in [1.29, 1.82) is 0 Å². The summed E-state index contributed by atoms with van der Waals surface area (Å²) in [6.07, 6.45) is 3.46. The lowest BCUT2D eigenvalue weighted by Gasteiger charge is -2.31. The molecule has 0 saturated carbocycles. The number of piperidine rings is 1. The molecule has 4 rings (SSSR count). The van der Waals surface area contributed by atoms with E-state index in [-0.39, 0.29) is 35.0 Å². The Hall–Kier alpha value is -3.77. The Kier molecular flexibility index (Phi) is 8.66. The van der Waals surface area contributed by atoms with Crippen LogP contribution in [0, 0.1) is 12.7 Å². The minimum absolute atomic E-state index is 0.0599. The number of ether oxygens (including phenoxy) is 4. The molecule has 0 spiro atoms. The Balaban J connectivity index is 1.36. The maximum atomic E-state index is 14.5. The fraction of sp³-hybridized carbons (Fsp3) is 0.370. The van der Waals surface area contributed by atoms with E-state index in [1.54, 1.807) is 32.2 Å². The van der Waals surface area contributed by atoms with Gasteiger partial charge in [-0.2, -0.15) is 0 Å². The number of Topliss-reactive ketones (excluding diaryl/α,β-unsaturated/α-hetero) is 1. The monoisotopic (exact) mass is 559 g/mol. The fourth-order valence-electron chi connectivity index (χ4n) is 4.20. The molecule has 2 aromatic carbocycles. The van der Waals surface area contributed by atoms with Gasteiger partial charge < -0.3 is 18.9 Å². The lowest BCUT2D eigenvalue weighted by Crippen LogP contribution is -2.41. The van der Waals surface area contributed by atoms with Gasteiger partial charge in [0.25, 0.3) is 0 Å². The van der Waals surface area contributed by atoms with Gasteiger partial charge in [0.2, 0.25) is 11.8 Å². The van der Waals surface area contributed by atoms with Crippen LogP contribution in [0.5, 0.6) is 29.0 Å². The number of carbonyl (C=O) groups is 1. The predicted octanol–water partition coefficient (Wildman–Crippen LogP) is 3.86. The normalized spacial score (nSPS) is 14.6. The minimum Gasteiger partial charge on any atom is -0.497 e. The molecule has 0 radical (unpaired) electrons. The zero-order chi connectivity index (χ0) is 28.2. The molecule has 3 aromatic rings. The first-order valence-corrected chi connectivity index (χ1v) is 14.1. The van der Waals surface area contributed by atoms with E-state index in [0.29, 0.717) is 54.4 Å². The highest BCUT2D eigenvalue weighted by atomic mass is 32.2. The van der Waals surface area contributed by atoms with Crippen LogP contribution in [-0.2, 0) is 9.84 Å². The van der Waals surface area contributed by atoms with Crippen molar-refractivity contribution in [3.8, 4) is 29.0 Å². The number of halogens is 1. The number of likely N-dealkylation sites (tertiary alicyclic amines) is 1. The molecule has 1 aliphatic rings. The first kappa shape index (κ1) is 28.2. The van der Waals surface area contributed by atoms with Gasteiger partial charge in [0.1, 0.15) is 23.9 Å². The smallest absolute Gasteiger partial charge is 0.229 e. The number of rotatable bonds is 10. The van der Waals surface area contributed by atoms with Crippen molar-refractivity contribution in [2.75, 3.05) is 40.1 Å². The lowest BCUT2D eigenvalue weighted by atomic mass is 10.0. The molecular formula is C27H30FN3O7S. The Morgan fingerprint density at radius 2 is 1.72 bits per heavy atom. The third kappa shape index (κ3) is 6.82. The number of sulfone groups is 1. The third-order valence-corrected chi connectivity index (χ3v) is 7.53. The number of hydrogen-bond donors (Lipinski definition) is 0. The van der Waals surface area contributed by atoms with Crippen LogP contribution in [0.1, 0.15) is 28.8 Å². The summed E-state index contributed by atoms with van der Waals surface area (Å²) in [5.41, 5.74) is 0.952. The molecular weight excluding hydrogens is 529 g/mol. The van der Waals surface area contributed by atoms with Crippen LogP contribution in [0.15, 0.2) is 47.6 Å². The van der Waals surface area contributed by atoms with Crippen LogP contribution < -0.4 is 18.9 Å². The van der Waals surface area contributed by atoms with Crippen LogP contribution in [0.25, 0.3) is 0 Å². The topological polar surface area (TPSA) is 117 Å². The number of methoxy groups -OCH3 is 2. The van der Waals surface area contributed by atoms with Crippen LogP contribution in [0.2, 0.25) is 0 Å². The first-order chi connectivity index (χ1) is 18.6. The van der Waals surface area contributed by atoms with Crippen molar-refractivity contribution in [3.05, 3.63) is 59.7 Å². The first-order valence-electron chi connectivity index (χ1n) is 12.2. The molecule has 208 valence electrons. The van der Waals surface area contributed by atoms with Crippen molar-refractivity contribution in [3.63, 3.8) is 0 Å². The van der Waals surface area contributed by atoms with E-state index < -0.39 is 15.7 Å². The number of benzene rings is 2. The largest absolute Gasteiger partial charge is 0.497 e. The quantitative estimate of drug-likeness (QED) is 0.339. The summed E-state index contributed by atoms with van der Waals surface area (Å²) >= 11 is 0. The van der Waals surface area contributed by atoms with Crippen LogP contribution in [0.3, 0.4) is 0 Å². The van der Waals surface area contributed by atoms with E-state index in [1.165, 1.54) is 25.6 Å². The molecule has 12 heteroatoms. The Morgan fingerprint density at radius 3 is 2.36 bits per heavy atom. The third-order valence-electron chi connectivity index (χ3n) is 6.42. The van der Waals surface area contributed by atoms with E-state index in [2.05, 4.69) is 14.9 Å². The van der Waals surface area contributed by atoms with Crippen molar-refractivity contribution in [2.24, 2.45) is 0 Å². The maximum Gasteiger partial charge on any atom is 0.229 e. The van der Waals surface area contributed by atoms with Crippen molar-refractivity contribution in [2.45, 2.75) is 30.8 Å². The standard InChI is InChI=1S/C27H30FN3O7S/c1-17-26(29-16-30-27(17)38-25-8-6-20(14-22(25)28)39(4,33)34)37-18-9-11-31(12-10-18)15-23(32)21-13-19(35-2)5-7-24(21)36-3/h5-8,13-14,16,18H,9-12,15H2,1-4H3. The lowest BCUT2D eigenvalue weighted by molar-refractivity contribution is 0.0772. The molecule has 39 heavy (non-hydrogen) atoms. The number of ketones is 1. The van der Waals surface area contributed by atoms with Gasteiger partial charge in [0.05, 0.1) is 36.8 Å². The number of nitrogens with zero attached hydrogens (tertiary/aromatic N) is 3. The molecule has 0 unspecified atom stereocenters. The van der Waals surface area contributed by atoms with Gasteiger partial charge in [-0.05, 0) is 56.2 Å². The SMILES string of the molecule is COc1ccc(OC)c(C(=O)CN2CCC(Oc3ncnc(Oc4ccc(S(C)(=O)=O)cc4F)c3C)CC2)c1. The molecule has 10 nitrogen and oxygen atoms in total. The van der Waals surface area contributed by atoms with Crippen molar-refractivity contribution < 1.29 is 36.6 Å². The zero-order valence-electron chi connectivity index (χ0n) is 22.1. The fourth-order valence-corrected chi connectivity index (χ4v) is 4.84. The van der Waals surface area contributed by atoms with Crippen molar-refractivity contribution >= 4 is 15.6 Å². The second-order valence-electron chi connectivity index (χ2n) is 9.16. The molecule has 1 aromatic heterocycles. The van der Waals surface area contributed by atoms with E-state index in [9.17, 15) is 17.6 Å². The summed E-state index contributed by atoms with van der Waals surface area (Å²) in [7, 11) is -0.478. The van der Waals surface area contributed by atoms with Crippen LogP contribution >= 0.6 is 0 Å². The van der Waals surface area contributed by atoms with Gasteiger partial charge in [-0.15, -0.1) is 0 Å². The molecule has 1 fully saturated rings. The van der Waals surface area contributed by atoms with Gasteiger partial charge in [-0.1, -0.05) is 0 Å². The molecule has 2 heterocycles. The second-order valence-corrected chi connectivity index (χ2v) is 11.2. The summed E-state index contributed by atoms with van der Waals surface area (Å²) in [6.45, 7) is 3.23. The average Bonchev–Trinajstić information content (AvgIpc) is 2.92. The number of hydrogen-bond acceptors (Lipinski definition) is 10.